The van der Waals surface area contributed by atoms with Gasteiger partial charge in [-0.2, -0.15) is 0 Å². The van der Waals surface area contributed by atoms with E-state index in [1.807, 2.05) is 0 Å². The van der Waals surface area contributed by atoms with Gasteiger partial charge in [0.25, 0.3) is 0 Å². The lowest BCUT2D eigenvalue weighted by Crippen LogP contribution is -2.30. The zero-order valence-corrected chi connectivity index (χ0v) is 44.4. The van der Waals surface area contributed by atoms with Crippen LogP contribution >= 0.6 is 0 Å². The normalized spacial score (nSPS) is 12.5. The zero-order chi connectivity index (χ0) is 48.6. The Bertz CT molecular complexity index is 1210. The highest BCUT2D eigenvalue weighted by Crippen LogP contribution is 2.17. The largest absolute Gasteiger partial charge is 0.462 e. The Morgan fingerprint density at radius 3 is 0.970 bits per heavy atom. The number of carbonyl (C=O) groups excluding carboxylic acids is 3. The molecule has 1 atom stereocenters. The molecule has 0 spiro atoms. The Morgan fingerprint density at radius 1 is 0.313 bits per heavy atom. The predicted octanol–water partition coefficient (Wildman–Crippen LogP) is 19.2. The molecule has 0 N–H and O–H groups in total. The Kier molecular flexibility index (Phi) is 53.3. The average Bonchev–Trinajstić information content (AvgIpc) is 3.33. The van der Waals surface area contributed by atoms with E-state index in [0.717, 1.165) is 103 Å². The molecule has 0 aliphatic carbocycles. The van der Waals surface area contributed by atoms with Gasteiger partial charge in [-0.15, -0.1) is 0 Å². The quantitative estimate of drug-likeness (QED) is 0.0262. The number of esters is 3. The van der Waals surface area contributed by atoms with Gasteiger partial charge in [0.15, 0.2) is 6.10 Å². The summed E-state index contributed by atoms with van der Waals surface area (Å²) in [7, 11) is 0. The molecule has 0 bridgehead atoms. The Morgan fingerprint density at radius 2 is 0.597 bits per heavy atom. The molecule has 0 aromatic heterocycles. The molecule has 0 fully saturated rings. The first-order chi connectivity index (χ1) is 33.0. The van der Waals surface area contributed by atoms with Crippen LogP contribution in [0.5, 0.6) is 0 Å². The van der Waals surface area contributed by atoms with Crippen LogP contribution in [0, 0.1) is 0 Å². The third kappa shape index (κ3) is 53.9. The molecule has 0 saturated carbocycles. The lowest BCUT2D eigenvalue weighted by atomic mass is 10.0. The summed E-state index contributed by atoms with van der Waals surface area (Å²) in [5.41, 5.74) is 0. The monoisotopic (exact) mass is 937 g/mol. The molecule has 0 aliphatic rings. The first-order valence-electron chi connectivity index (χ1n) is 28.8. The van der Waals surface area contributed by atoms with Crippen molar-refractivity contribution in [2.45, 2.75) is 297 Å². The Hall–Kier alpha value is -2.89. The topological polar surface area (TPSA) is 78.9 Å². The van der Waals surface area contributed by atoms with Crippen LogP contribution < -0.4 is 0 Å². The molecule has 0 radical (unpaired) electrons. The number of ether oxygens (including phenoxy) is 3. The van der Waals surface area contributed by atoms with E-state index < -0.39 is 6.10 Å². The molecule has 0 amide bonds. The fraction of sp³-hybridized carbons (Fsp3) is 0.787. The smallest absolute Gasteiger partial charge is 0.306 e. The summed E-state index contributed by atoms with van der Waals surface area (Å²) in [6.45, 7) is 6.41. The first kappa shape index (κ1) is 64.1. The van der Waals surface area contributed by atoms with Gasteiger partial charge in [-0.25, -0.2) is 0 Å². The molecule has 6 nitrogen and oxygen atoms in total. The van der Waals surface area contributed by atoms with Crippen LogP contribution in [-0.2, 0) is 28.6 Å². The van der Waals surface area contributed by atoms with Gasteiger partial charge in [-0.3, -0.25) is 14.4 Å². The summed E-state index contributed by atoms with van der Waals surface area (Å²) >= 11 is 0. The molecule has 388 valence electrons. The van der Waals surface area contributed by atoms with E-state index >= 15 is 0 Å². The zero-order valence-electron chi connectivity index (χ0n) is 44.4. The number of unbranched alkanes of at least 4 members (excludes halogenated alkanes) is 31. The summed E-state index contributed by atoms with van der Waals surface area (Å²) in [5.74, 6) is -0.890. The lowest BCUT2D eigenvalue weighted by molar-refractivity contribution is -0.167. The number of rotatable bonds is 52. The van der Waals surface area contributed by atoms with Crippen LogP contribution in [0.2, 0.25) is 0 Å². The van der Waals surface area contributed by atoms with Gasteiger partial charge in [-0.1, -0.05) is 255 Å². The lowest BCUT2D eigenvalue weighted by Gasteiger charge is -2.18. The van der Waals surface area contributed by atoms with Gasteiger partial charge < -0.3 is 14.2 Å². The van der Waals surface area contributed by atoms with Crippen LogP contribution in [0.15, 0.2) is 60.8 Å². The van der Waals surface area contributed by atoms with Crippen LogP contribution in [0.3, 0.4) is 0 Å². The summed E-state index contributed by atoms with van der Waals surface area (Å²) < 4.78 is 16.7. The first-order valence-corrected chi connectivity index (χ1v) is 28.8. The Labute approximate surface area is 415 Å². The highest BCUT2D eigenvalue weighted by Gasteiger charge is 2.19. The molecule has 1 unspecified atom stereocenters. The molecule has 67 heavy (non-hydrogen) atoms. The van der Waals surface area contributed by atoms with Gasteiger partial charge in [0.05, 0.1) is 0 Å². The van der Waals surface area contributed by atoms with Crippen molar-refractivity contribution in [1.29, 1.82) is 0 Å². The van der Waals surface area contributed by atoms with E-state index in [1.165, 1.54) is 148 Å². The SMILES string of the molecule is CC/C=C\C/C=C\C/C=C\C/C=C\CCCCCCCCCCCCCCCCCCCCCCC(=O)OCC(COC(=O)CCCCCCC)OC(=O)CCCCCCC/C=C\CCCC. The van der Waals surface area contributed by atoms with Crippen LogP contribution in [-0.4, -0.2) is 37.2 Å². The predicted molar refractivity (Wildman–Crippen MR) is 288 cm³/mol. The van der Waals surface area contributed by atoms with Crippen molar-refractivity contribution in [2.24, 2.45) is 0 Å². The van der Waals surface area contributed by atoms with Gasteiger partial charge >= 0.3 is 17.9 Å². The van der Waals surface area contributed by atoms with Crippen molar-refractivity contribution in [3.05, 3.63) is 60.8 Å². The van der Waals surface area contributed by atoms with E-state index in [0.29, 0.717) is 19.3 Å². The van der Waals surface area contributed by atoms with Crippen molar-refractivity contribution in [1.82, 2.24) is 0 Å². The maximum Gasteiger partial charge on any atom is 0.306 e. The maximum absolute atomic E-state index is 12.7. The molecule has 0 heterocycles. The summed E-state index contributed by atoms with van der Waals surface area (Å²) in [4.78, 5) is 37.6. The Balaban J connectivity index is 3.86. The molecule has 0 saturated heterocycles. The van der Waals surface area contributed by atoms with Crippen molar-refractivity contribution in [2.75, 3.05) is 13.2 Å². The molecule has 0 aromatic rings. The average molecular weight is 938 g/mol. The van der Waals surface area contributed by atoms with E-state index in [1.54, 1.807) is 0 Å². The fourth-order valence-corrected chi connectivity index (χ4v) is 8.18. The van der Waals surface area contributed by atoms with Gasteiger partial charge in [0.1, 0.15) is 13.2 Å². The second-order valence-corrected chi connectivity index (χ2v) is 19.2. The van der Waals surface area contributed by atoms with E-state index in [2.05, 4.69) is 81.5 Å². The molecular formula is C61H108O6. The standard InChI is InChI=1S/C61H108O6/c1-4-7-10-13-15-17-19-20-21-22-23-24-25-26-27-28-29-30-31-32-33-34-35-36-37-38-39-40-42-43-45-48-51-54-60(63)66-57-58(56-65-59(62)53-50-47-12-9-6-3)67-61(64)55-52-49-46-44-41-18-16-14-11-8-5-2/h7,10,14-17,20-21,23-24,58H,4-6,8-9,11-13,18-19,22,25-57H2,1-3H3/b10-7-,16-14-,17-15-,21-20-,24-23-. The van der Waals surface area contributed by atoms with Gasteiger partial charge in [-0.05, 0) is 77.0 Å². The van der Waals surface area contributed by atoms with E-state index in [4.69, 9.17) is 14.2 Å². The van der Waals surface area contributed by atoms with Crippen molar-refractivity contribution in [3.63, 3.8) is 0 Å². The third-order valence-corrected chi connectivity index (χ3v) is 12.5. The maximum atomic E-state index is 12.7. The second-order valence-electron chi connectivity index (χ2n) is 19.2. The minimum atomic E-state index is -0.770. The molecule has 0 rings (SSSR count). The second kappa shape index (κ2) is 55.7. The van der Waals surface area contributed by atoms with Crippen LogP contribution in [0.25, 0.3) is 0 Å². The number of carbonyl (C=O) groups is 3. The third-order valence-electron chi connectivity index (χ3n) is 12.5. The number of hydrogen-bond donors (Lipinski definition) is 0. The van der Waals surface area contributed by atoms with E-state index in [9.17, 15) is 14.4 Å². The molecule has 0 aliphatic heterocycles. The molecule has 6 heteroatoms. The highest BCUT2D eigenvalue weighted by molar-refractivity contribution is 5.71. The minimum Gasteiger partial charge on any atom is -0.462 e. The molecular weight excluding hydrogens is 829 g/mol. The fourth-order valence-electron chi connectivity index (χ4n) is 8.18. The van der Waals surface area contributed by atoms with Crippen molar-refractivity contribution in [3.8, 4) is 0 Å². The summed E-state index contributed by atoms with van der Waals surface area (Å²) in [6, 6.07) is 0. The number of allylic oxidation sites excluding steroid dienone is 10. The summed E-state index contributed by atoms with van der Waals surface area (Å²) in [5, 5.41) is 0. The van der Waals surface area contributed by atoms with Crippen molar-refractivity contribution < 1.29 is 28.6 Å². The van der Waals surface area contributed by atoms with Crippen molar-refractivity contribution >= 4 is 17.9 Å². The summed E-state index contributed by atoms with van der Waals surface area (Å²) in [6.07, 6.45) is 70.0. The van der Waals surface area contributed by atoms with Crippen LogP contribution in [0.1, 0.15) is 290 Å². The highest BCUT2D eigenvalue weighted by atomic mass is 16.6. The molecule has 0 aromatic carbocycles. The van der Waals surface area contributed by atoms with E-state index in [-0.39, 0.29) is 31.1 Å². The van der Waals surface area contributed by atoms with Gasteiger partial charge in [0, 0.05) is 19.3 Å². The van der Waals surface area contributed by atoms with Gasteiger partial charge in [0.2, 0.25) is 0 Å². The minimum absolute atomic E-state index is 0.0740. The van der Waals surface area contributed by atoms with Crippen LogP contribution in [0.4, 0.5) is 0 Å². The number of hydrogen-bond acceptors (Lipinski definition) is 6.